The molecule has 2 bridgehead atoms. The minimum atomic E-state index is -0.594. The Hall–Kier alpha value is -1.52. The van der Waals surface area contributed by atoms with E-state index in [-0.39, 0.29) is 17.3 Å². The van der Waals surface area contributed by atoms with Gasteiger partial charge in [0.25, 0.3) is 0 Å². The maximum absolute atomic E-state index is 10.4. The van der Waals surface area contributed by atoms with Crippen molar-refractivity contribution in [2.45, 2.75) is 36.5 Å². The Morgan fingerprint density at radius 1 is 1.33 bits per heavy atom. The molecule has 1 aromatic rings. The summed E-state index contributed by atoms with van der Waals surface area (Å²) in [5.74, 6) is 1.19. The molecule has 1 spiro atoms. The van der Waals surface area contributed by atoms with Crippen molar-refractivity contribution in [3.05, 3.63) is 35.4 Å². The van der Waals surface area contributed by atoms with Crippen LogP contribution in [0.2, 0.25) is 0 Å². The van der Waals surface area contributed by atoms with E-state index in [1.165, 1.54) is 11.1 Å². The molecule has 2 N–H and O–H groups in total. The highest BCUT2D eigenvalue weighted by molar-refractivity contribution is 5.61. The lowest BCUT2D eigenvalue weighted by Crippen LogP contribution is -2.64. The number of benzene rings is 1. The van der Waals surface area contributed by atoms with E-state index < -0.39 is 6.10 Å². The minimum Gasteiger partial charge on any atom is -0.504 e. The molecule has 110 valence electrons. The molecule has 2 aliphatic heterocycles. The van der Waals surface area contributed by atoms with E-state index in [2.05, 4.69) is 18.0 Å². The number of ether oxygens (including phenoxy) is 1. The van der Waals surface area contributed by atoms with E-state index in [1.807, 2.05) is 12.1 Å². The molecule has 2 aliphatic carbocycles. The van der Waals surface area contributed by atoms with Gasteiger partial charge in [0, 0.05) is 22.9 Å². The fraction of sp³-hybridized carbons (Fsp3) is 0.529. The van der Waals surface area contributed by atoms with Gasteiger partial charge in [0.1, 0.15) is 12.2 Å². The molecule has 2 unspecified atom stereocenters. The monoisotopic (exact) mass is 286 g/mol. The fourth-order valence-electron chi connectivity index (χ4n) is 5.24. The number of aliphatic hydroxyl groups is 1. The van der Waals surface area contributed by atoms with Crippen molar-refractivity contribution in [1.29, 1.82) is 0 Å². The van der Waals surface area contributed by atoms with Crippen molar-refractivity contribution in [3.63, 3.8) is 0 Å². The molecule has 1 saturated heterocycles. The van der Waals surface area contributed by atoms with Gasteiger partial charge in [-0.25, -0.2) is 0 Å². The lowest BCUT2D eigenvalue weighted by Gasteiger charge is -2.56. The van der Waals surface area contributed by atoms with Crippen LogP contribution in [0.25, 0.3) is 0 Å². The maximum atomic E-state index is 10.4. The zero-order chi connectivity index (χ0) is 14.4. The number of hydrogen-bond donors (Lipinski definition) is 2. The lowest BCUT2D eigenvalue weighted by molar-refractivity contribution is -0.0453. The van der Waals surface area contributed by atoms with Crippen molar-refractivity contribution in [3.8, 4) is 11.5 Å². The Morgan fingerprint density at radius 2 is 2.19 bits per heavy atom. The molecule has 1 fully saturated rings. The summed E-state index contributed by atoms with van der Waals surface area (Å²) >= 11 is 0. The van der Waals surface area contributed by atoms with Crippen LogP contribution >= 0.6 is 0 Å². The molecule has 5 atom stereocenters. The molecule has 0 saturated carbocycles. The smallest absolute Gasteiger partial charge is 0.165 e. The van der Waals surface area contributed by atoms with Crippen LogP contribution in [0, 0.1) is 5.92 Å². The third kappa shape index (κ3) is 1.21. The number of likely N-dealkylation sites (N-methyl/N-ethyl adjacent to an activating group) is 1. The summed E-state index contributed by atoms with van der Waals surface area (Å²) in [7, 11) is 2.19. The summed E-state index contributed by atoms with van der Waals surface area (Å²) in [4.78, 5) is 2.43. The standard InChI is InChI=1S/C17H19NO3/c1-18-7-6-17-10-3-5-13(20)16(17)21-15-12(19)4-2-9(14(15)17)8-11(10)18/h2-5,10-11,13,16,19-20H,6-8H2,1H3/t10?,11-,13+,16?,17+/m1/s1/i1+1. The van der Waals surface area contributed by atoms with Crippen LogP contribution < -0.4 is 4.74 Å². The van der Waals surface area contributed by atoms with Crippen LogP contribution in [-0.2, 0) is 11.8 Å². The Bertz CT molecular complexity index is 670. The summed E-state index contributed by atoms with van der Waals surface area (Å²) < 4.78 is 6.09. The van der Waals surface area contributed by atoms with Gasteiger partial charge < -0.3 is 19.8 Å². The quantitative estimate of drug-likeness (QED) is 0.556. The van der Waals surface area contributed by atoms with Crippen LogP contribution in [0.3, 0.4) is 0 Å². The molecule has 2 heterocycles. The molecule has 5 rings (SSSR count). The van der Waals surface area contributed by atoms with E-state index in [0.717, 1.165) is 19.4 Å². The molecular formula is C17H19NO3. The number of phenolic OH excluding ortho intramolecular Hbond substituents is 1. The Balaban J connectivity index is 1.84. The predicted octanol–water partition coefficient (Wildman–Crippen LogP) is 1.20. The summed E-state index contributed by atoms with van der Waals surface area (Å²) in [6, 6.07) is 4.23. The summed E-state index contributed by atoms with van der Waals surface area (Å²) in [6.07, 6.45) is 5.18. The highest BCUT2D eigenvalue weighted by Crippen LogP contribution is 2.62. The molecule has 4 aliphatic rings. The second kappa shape index (κ2) is 3.62. The van der Waals surface area contributed by atoms with Crippen LogP contribution in [0.1, 0.15) is 17.5 Å². The number of likely N-dealkylation sites (tertiary alicyclic amines) is 1. The van der Waals surface area contributed by atoms with E-state index in [4.69, 9.17) is 4.74 Å². The fourth-order valence-corrected chi connectivity index (χ4v) is 5.24. The SMILES string of the molecule is [13CH3]N1CC[C@]23c4c5ccc(O)c4OC2[C@@H](O)C=CC3[C@H]1C5. The minimum absolute atomic E-state index is 0.160. The van der Waals surface area contributed by atoms with E-state index >= 15 is 0 Å². The molecule has 0 radical (unpaired) electrons. The van der Waals surface area contributed by atoms with E-state index in [1.54, 1.807) is 6.07 Å². The van der Waals surface area contributed by atoms with E-state index in [9.17, 15) is 10.2 Å². The molecule has 4 heteroatoms. The predicted molar refractivity (Wildman–Crippen MR) is 77.6 cm³/mol. The molecule has 1 aromatic carbocycles. The van der Waals surface area contributed by atoms with Gasteiger partial charge >= 0.3 is 0 Å². The summed E-state index contributed by atoms with van der Waals surface area (Å²) in [5, 5.41) is 20.6. The lowest BCUT2D eigenvalue weighted by atomic mass is 9.53. The van der Waals surface area contributed by atoms with Gasteiger partial charge in [-0.05, 0) is 38.1 Å². The average Bonchev–Trinajstić information content (AvgIpc) is 2.83. The number of aliphatic hydroxyl groups excluding tert-OH is 1. The van der Waals surface area contributed by atoms with Crippen LogP contribution in [0.5, 0.6) is 11.5 Å². The molecule has 21 heavy (non-hydrogen) atoms. The third-order valence-corrected chi connectivity index (χ3v) is 6.15. The van der Waals surface area contributed by atoms with Gasteiger partial charge in [0.05, 0.1) is 0 Å². The van der Waals surface area contributed by atoms with Crippen LogP contribution in [0.4, 0.5) is 0 Å². The number of piperidine rings is 1. The molecular weight excluding hydrogens is 267 g/mol. The van der Waals surface area contributed by atoms with Gasteiger partial charge in [-0.2, -0.15) is 0 Å². The van der Waals surface area contributed by atoms with Crippen molar-refractivity contribution in [2.24, 2.45) is 5.92 Å². The second-order valence-corrected chi connectivity index (χ2v) is 6.93. The van der Waals surface area contributed by atoms with Crippen molar-refractivity contribution in [1.82, 2.24) is 4.90 Å². The highest BCUT2D eigenvalue weighted by Gasteiger charge is 2.64. The Labute approximate surface area is 123 Å². The van der Waals surface area contributed by atoms with Gasteiger partial charge in [-0.15, -0.1) is 0 Å². The first-order chi connectivity index (χ1) is 10.1. The van der Waals surface area contributed by atoms with Gasteiger partial charge in [0.15, 0.2) is 11.5 Å². The number of phenols is 1. The summed E-state index contributed by atoms with van der Waals surface area (Å²) in [6.45, 7) is 1.01. The van der Waals surface area contributed by atoms with Crippen LogP contribution in [0.15, 0.2) is 24.3 Å². The number of rotatable bonds is 0. The first kappa shape index (κ1) is 12.1. The molecule has 0 amide bonds. The zero-order valence-corrected chi connectivity index (χ0v) is 12.0. The highest BCUT2D eigenvalue weighted by atomic mass is 16.5. The molecule has 4 nitrogen and oxygen atoms in total. The van der Waals surface area contributed by atoms with Crippen molar-refractivity contribution >= 4 is 0 Å². The maximum Gasteiger partial charge on any atom is 0.165 e. The zero-order valence-electron chi connectivity index (χ0n) is 12.0. The number of nitrogens with zero attached hydrogens (tertiary/aromatic N) is 1. The van der Waals surface area contributed by atoms with Crippen LogP contribution in [-0.4, -0.2) is 47.0 Å². The largest absolute Gasteiger partial charge is 0.504 e. The first-order valence-corrected chi connectivity index (χ1v) is 7.71. The van der Waals surface area contributed by atoms with E-state index in [0.29, 0.717) is 17.7 Å². The topological polar surface area (TPSA) is 52.9 Å². The van der Waals surface area contributed by atoms with Gasteiger partial charge in [-0.3, -0.25) is 0 Å². The Morgan fingerprint density at radius 3 is 3.05 bits per heavy atom. The first-order valence-electron chi connectivity index (χ1n) is 7.71. The third-order valence-electron chi connectivity index (χ3n) is 6.15. The van der Waals surface area contributed by atoms with Gasteiger partial charge in [-0.1, -0.05) is 18.2 Å². The average molecular weight is 286 g/mol. The number of aromatic hydroxyl groups is 1. The Kier molecular flexibility index (Phi) is 2.08. The van der Waals surface area contributed by atoms with Crippen molar-refractivity contribution in [2.75, 3.05) is 13.6 Å². The van der Waals surface area contributed by atoms with Crippen molar-refractivity contribution < 1.29 is 14.9 Å². The number of hydrogen-bond acceptors (Lipinski definition) is 4. The van der Waals surface area contributed by atoms with Gasteiger partial charge in [0.2, 0.25) is 0 Å². The second-order valence-electron chi connectivity index (χ2n) is 6.93. The normalized spacial score (nSPS) is 42.6. The summed E-state index contributed by atoms with van der Waals surface area (Å²) in [5.41, 5.74) is 2.29. The molecule has 0 aromatic heterocycles.